The van der Waals surface area contributed by atoms with Gasteiger partial charge >= 0.3 is 5.69 Å². The number of aromatic nitrogens is 2. The van der Waals surface area contributed by atoms with E-state index in [1.165, 1.54) is 23.7 Å². The van der Waals surface area contributed by atoms with Gasteiger partial charge in [0.15, 0.2) is 17.2 Å². The minimum absolute atomic E-state index is 0.000727. The standard InChI is InChI=1S/C22H32N4O5/c1-6-7-10-25(18(27)12-15-8-9-16(30-4)17(11-15)31-5)19-20(23)26(13-14(2)3)22(29)24-21(19)28/h8-9,11,14H,6-7,10,12-13,23H2,1-5H3,(H,24,28,29). The summed E-state index contributed by atoms with van der Waals surface area (Å²) in [5.74, 6) is 0.899. The maximum Gasteiger partial charge on any atom is 0.330 e. The number of carbonyl (C=O) groups is 1. The molecular formula is C22H32N4O5. The number of unbranched alkanes of at least 4 members (excludes halogenated alkanes) is 1. The lowest BCUT2D eigenvalue weighted by Gasteiger charge is -2.25. The number of carbonyl (C=O) groups excluding carboxylic acids is 1. The average Bonchev–Trinajstić information content (AvgIpc) is 2.72. The third-order valence-electron chi connectivity index (χ3n) is 4.87. The Bertz CT molecular complexity index is 1030. The highest BCUT2D eigenvalue weighted by Gasteiger charge is 2.24. The Kier molecular flexibility index (Phi) is 8.30. The second-order valence-corrected chi connectivity index (χ2v) is 7.76. The van der Waals surface area contributed by atoms with Crippen LogP contribution >= 0.6 is 0 Å². The molecule has 9 heteroatoms. The fourth-order valence-corrected chi connectivity index (χ4v) is 3.32. The molecule has 1 aromatic carbocycles. The number of nitrogens with one attached hydrogen (secondary N) is 1. The molecule has 0 spiro atoms. The van der Waals surface area contributed by atoms with Gasteiger partial charge in [0.1, 0.15) is 5.82 Å². The van der Waals surface area contributed by atoms with Crippen molar-refractivity contribution in [3.05, 3.63) is 44.6 Å². The number of methoxy groups -OCH3 is 2. The van der Waals surface area contributed by atoms with E-state index in [2.05, 4.69) is 4.98 Å². The van der Waals surface area contributed by atoms with E-state index >= 15 is 0 Å². The van der Waals surface area contributed by atoms with Crippen LogP contribution in [0.2, 0.25) is 0 Å². The summed E-state index contributed by atoms with van der Waals surface area (Å²) in [6.45, 7) is 6.52. The van der Waals surface area contributed by atoms with E-state index in [-0.39, 0.29) is 29.8 Å². The Balaban J connectivity index is 2.47. The average molecular weight is 433 g/mol. The Morgan fingerprint density at radius 3 is 2.45 bits per heavy atom. The van der Waals surface area contributed by atoms with Crippen LogP contribution in [-0.2, 0) is 17.8 Å². The maximum absolute atomic E-state index is 13.3. The fourth-order valence-electron chi connectivity index (χ4n) is 3.32. The molecule has 9 nitrogen and oxygen atoms in total. The van der Waals surface area contributed by atoms with Gasteiger partial charge in [0.2, 0.25) is 5.91 Å². The van der Waals surface area contributed by atoms with Crippen molar-refractivity contribution in [1.29, 1.82) is 0 Å². The number of rotatable bonds is 10. The first-order valence-corrected chi connectivity index (χ1v) is 10.4. The quantitative estimate of drug-likeness (QED) is 0.594. The predicted octanol–water partition coefficient (Wildman–Crippen LogP) is 2.17. The molecule has 0 saturated carbocycles. The molecule has 0 aliphatic rings. The molecule has 0 aliphatic carbocycles. The van der Waals surface area contributed by atoms with Crippen molar-refractivity contribution in [2.75, 3.05) is 31.4 Å². The summed E-state index contributed by atoms with van der Waals surface area (Å²) in [6.07, 6.45) is 1.54. The van der Waals surface area contributed by atoms with Crippen molar-refractivity contribution in [2.24, 2.45) is 5.92 Å². The zero-order valence-electron chi connectivity index (χ0n) is 18.9. The zero-order valence-corrected chi connectivity index (χ0v) is 18.9. The lowest BCUT2D eigenvalue weighted by Crippen LogP contribution is -2.42. The van der Waals surface area contributed by atoms with Crippen molar-refractivity contribution >= 4 is 17.4 Å². The molecule has 3 N–H and O–H groups in total. The maximum atomic E-state index is 13.3. The van der Waals surface area contributed by atoms with Crippen LogP contribution in [0.3, 0.4) is 0 Å². The highest BCUT2D eigenvalue weighted by Crippen LogP contribution is 2.28. The van der Waals surface area contributed by atoms with Crippen molar-refractivity contribution in [1.82, 2.24) is 9.55 Å². The summed E-state index contributed by atoms with van der Waals surface area (Å²) >= 11 is 0. The molecule has 1 heterocycles. The van der Waals surface area contributed by atoms with Crippen molar-refractivity contribution in [3.63, 3.8) is 0 Å². The van der Waals surface area contributed by atoms with E-state index in [1.807, 2.05) is 20.8 Å². The Hall–Kier alpha value is -3.23. The minimum atomic E-state index is -0.667. The van der Waals surface area contributed by atoms with Gasteiger partial charge < -0.3 is 20.1 Å². The van der Waals surface area contributed by atoms with Crippen LogP contribution in [0.25, 0.3) is 0 Å². The van der Waals surface area contributed by atoms with E-state index in [0.717, 1.165) is 6.42 Å². The summed E-state index contributed by atoms with van der Waals surface area (Å²) in [5, 5.41) is 0. The molecule has 0 atom stereocenters. The molecule has 1 amide bonds. The second-order valence-electron chi connectivity index (χ2n) is 7.76. The number of amides is 1. The minimum Gasteiger partial charge on any atom is -0.493 e. The van der Waals surface area contributed by atoms with E-state index in [1.54, 1.807) is 18.2 Å². The molecule has 0 radical (unpaired) electrons. The Morgan fingerprint density at radius 2 is 1.87 bits per heavy atom. The number of nitrogens with zero attached hydrogens (tertiary/aromatic N) is 2. The fraction of sp³-hybridized carbons (Fsp3) is 0.500. The molecule has 2 aromatic rings. The molecule has 0 unspecified atom stereocenters. The summed E-state index contributed by atoms with van der Waals surface area (Å²) in [4.78, 5) is 41.9. The van der Waals surface area contributed by atoms with Gasteiger partial charge in [0.05, 0.1) is 20.6 Å². The Labute approximate surface area is 181 Å². The number of hydrogen-bond acceptors (Lipinski definition) is 6. The summed E-state index contributed by atoms with van der Waals surface area (Å²) < 4.78 is 11.9. The normalized spacial score (nSPS) is 10.9. The number of nitrogen functional groups attached to an aromatic ring is 1. The first-order valence-electron chi connectivity index (χ1n) is 10.4. The van der Waals surface area contributed by atoms with Crippen LogP contribution in [0.1, 0.15) is 39.2 Å². The number of nitrogens with two attached hydrogens (primary N) is 1. The zero-order chi connectivity index (χ0) is 23.1. The molecule has 1 aromatic heterocycles. The predicted molar refractivity (Wildman–Crippen MR) is 121 cm³/mol. The number of ether oxygens (including phenoxy) is 2. The molecule has 2 rings (SSSR count). The van der Waals surface area contributed by atoms with Gasteiger partial charge in [-0.1, -0.05) is 33.3 Å². The van der Waals surface area contributed by atoms with Crippen molar-refractivity contribution < 1.29 is 14.3 Å². The van der Waals surface area contributed by atoms with Gasteiger partial charge in [-0.05, 0) is 30.0 Å². The summed E-state index contributed by atoms with van der Waals surface area (Å²) in [6, 6.07) is 5.22. The first kappa shape index (κ1) is 24.0. The highest BCUT2D eigenvalue weighted by atomic mass is 16.5. The molecular weight excluding hydrogens is 400 g/mol. The van der Waals surface area contributed by atoms with Crippen LogP contribution < -0.4 is 31.4 Å². The van der Waals surface area contributed by atoms with Crippen LogP contribution in [0.4, 0.5) is 11.5 Å². The van der Waals surface area contributed by atoms with E-state index in [9.17, 15) is 14.4 Å². The van der Waals surface area contributed by atoms with Gasteiger partial charge in [-0.3, -0.25) is 19.1 Å². The smallest absolute Gasteiger partial charge is 0.330 e. The van der Waals surface area contributed by atoms with Crippen molar-refractivity contribution in [3.8, 4) is 11.5 Å². The van der Waals surface area contributed by atoms with Crippen LogP contribution in [-0.4, -0.2) is 36.2 Å². The molecule has 0 bridgehead atoms. The molecule has 31 heavy (non-hydrogen) atoms. The molecule has 0 aliphatic heterocycles. The Morgan fingerprint density at radius 1 is 1.19 bits per heavy atom. The van der Waals surface area contributed by atoms with E-state index in [4.69, 9.17) is 15.2 Å². The topological polar surface area (TPSA) is 120 Å². The number of anilines is 2. The molecule has 170 valence electrons. The second kappa shape index (κ2) is 10.7. The van der Waals surface area contributed by atoms with Crippen LogP contribution in [0, 0.1) is 5.92 Å². The lowest BCUT2D eigenvalue weighted by atomic mass is 10.1. The monoisotopic (exact) mass is 432 g/mol. The third-order valence-corrected chi connectivity index (χ3v) is 4.87. The lowest BCUT2D eigenvalue weighted by molar-refractivity contribution is -0.118. The largest absolute Gasteiger partial charge is 0.493 e. The molecule has 0 fully saturated rings. The number of aromatic amines is 1. The van der Waals surface area contributed by atoms with E-state index < -0.39 is 11.2 Å². The van der Waals surface area contributed by atoms with Crippen molar-refractivity contribution in [2.45, 2.75) is 46.6 Å². The van der Waals surface area contributed by atoms with Gasteiger partial charge in [-0.2, -0.15) is 0 Å². The third kappa shape index (κ3) is 5.68. The highest BCUT2D eigenvalue weighted by molar-refractivity contribution is 5.96. The SMILES string of the molecule is CCCCN(C(=O)Cc1ccc(OC)c(OC)c1)c1c(N)n(CC(C)C)c(=O)[nH]c1=O. The van der Waals surface area contributed by atoms with Gasteiger partial charge in [-0.15, -0.1) is 0 Å². The number of hydrogen-bond donors (Lipinski definition) is 2. The van der Waals surface area contributed by atoms with Crippen LogP contribution in [0.5, 0.6) is 11.5 Å². The number of H-pyrrole nitrogens is 1. The summed E-state index contributed by atoms with van der Waals surface area (Å²) in [5.41, 5.74) is 5.70. The number of benzene rings is 1. The summed E-state index contributed by atoms with van der Waals surface area (Å²) in [7, 11) is 3.06. The van der Waals surface area contributed by atoms with Gasteiger partial charge in [-0.25, -0.2) is 4.79 Å². The first-order chi connectivity index (χ1) is 14.7. The molecule has 0 saturated heterocycles. The van der Waals surface area contributed by atoms with E-state index in [0.29, 0.717) is 36.6 Å². The van der Waals surface area contributed by atoms with Gasteiger partial charge in [0, 0.05) is 13.1 Å². The van der Waals surface area contributed by atoms with Gasteiger partial charge in [0.25, 0.3) is 5.56 Å². The van der Waals surface area contributed by atoms with Crippen LogP contribution in [0.15, 0.2) is 27.8 Å².